The first-order valence-corrected chi connectivity index (χ1v) is 9.60. The highest BCUT2D eigenvalue weighted by Gasteiger charge is 2.31. The van der Waals surface area contributed by atoms with Crippen molar-refractivity contribution in [3.8, 4) is 11.5 Å². The Hall–Kier alpha value is -0.303. The molecule has 1 fully saturated rings. The molecule has 0 radical (unpaired) electrons. The molecule has 0 aromatic carbocycles. The molecule has 3 heteroatoms. The topological polar surface area (TPSA) is 18.5 Å². The first-order chi connectivity index (χ1) is 7.29. The third kappa shape index (κ3) is 5.69. The Morgan fingerprint density at radius 3 is 2.50 bits per heavy atom. The predicted molar refractivity (Wildman–Crippen MR) is 69.9 cm³/mol. The second-order valence-corrected chi connectivity index (χ2v) is 10.6. The summed E-state index contributed by atoms with van der Waals surface area (Å²) in [6.07, 6.45) is 3.43. The van der Waals surface area contributed by atoms with Gasteiger partial charge in [-0.25, -0.2) is 0 Å². The maximum Gasteiger partial charge on any atom is 0.163 e. The Morgan fingerprint density at radius 1 is 1.31 bits per heavy atom. The van der Waals surface area contributed by atoms with Crippen LogP contribution in [0.25, 0.3) is 0 Å². The zero-order chi connectivity index (χ0) is 12.2. The van der Waals surface area contributed by atoms with Crippen LogP contribution in [0.1, 0.15) is 33.1 Å². The zero-order valence-electron chi connectivity index (χ0n) is 11.2. The summed E-state index contributed by atoms with van der Waals surface area (Å²) in [5.74, 6) is 2.91. The average Bonchev–Trinajstić information content (AvgIpc) is 2.43. The van der Waals surface area contributed by atoms with E-state index in [1.807, 2.05) is 13.8 Å². The van der Waals surface area contributed by atoms with Crippen molar-refractivity contribution in [3.63, 3.8) is 0 Å². The largest absolute Gasteiger partial charge is 0.348 e. The van der Waals surface area contributed by atoms with Gasteiger partial charge in [0.25, 0.3) is 0 Å². The highest BCUT2D eigenvalue weighted by Crippen LogP contribution is 2.24. The van der Waals surface area contributed by atoms with Gasteiger partial charge >= 0.3 is 0 Å². The minimum atomic E-state index is -1.18. The number of unbranched alkanes of at least 4 members (excludes halogenated alkanes) is 1. The van der Waals surface area contributed by atoms with E-state index in [1.54, 1.807) is 0 Å². The Labute approximate surface area is 101 Å². The van der Waals surface area contributed by atoms with Crippen molar-refractivity contribution in [1.82, 2.24) is 0 Å². The molecule has 0 aromatic rings. The van der Waals surface area contributed by atoms with Crippen LogP contribution >= 0.6 is 0 Å². The van der Waals surface area contributed by atoms with Crippen molar-refractivity contribution in [2.75, 3.05) is 6.61 Å². The van der Waals surface area contributed by atoms with Crippen LogP contribution in [-0.2, 0) is 9.47 Å². The lowest BCUT2D eigenvalue weighted by atomic mass is 10.2. The van der Waals surface area contributed by atoms with E-state index in [1.165, 1.54) is 0 Å². The van der Waals surface area contributed by atoms with Crippen molar-refractivity contribution in [3.05, 3.63) is 0 Å². The fourth-order valence-corrected chi connectivity index (χ4v) is 2.31. The summed E-state index contributed by atoms with van der Waals surface area (Å²) in [5.41, 5.74) is 3.38. The third-order valence-electron chi connectivity index (χ3n) is 2.36. The molecule has 0 bridgehead atoms. The van der Waals surface area contributed by atoms with Crippen molar-refractivity contribution in [2.24, 2.45) is 0 Å². The summed E-state index contributed by atoms with van der Waals surface area (Å²) < 4.78 is 11.2. The predicted octanol–water partition coefficient (Wildman–Crippen LogP) is 3.19. The Kier molecular flexibility index (Phi) is 4.60. The van der Waals surface area contributed by atoms with Gasteiger partial charge in [-0.1, -0.05) is 19.6 Å². The summed E-state index contributed by atoms with van der Waals surface area (Å²) in [6.45, 7) is 11.5. The van der Waals surface area contributed by atoms with Crippen LogP contribution in [0.5, 0.6) is 0 Å². The third-order valence-corrected chi connectivity index (χ3v) is 3.29. The van der Waals surface area contributed by atoms with Crippen LogP contribution < -0.4 is 0 Å². The van der Waals surface area contributed by atoms with E-state index in [9.17, 15) is 0 Å². The van der Waals surface area contributed by atoms with Gasteiger partial charge in [-0.15, -0.1) is 11.5 Å². The van der Waals surface area contributed by atoms with Crippen molar-refractivity contribution in [1.29, 1.82) is 0 Å². The summed E-state index contributed by atoms with van der Waals surface area (Å²) in [6, 6.07) is 0. The molecule has 1 rings (SSSR count). The summed E-state index contributed by atoms with van der Waals surface area (Å²) in [4.78, 5) is 0. The van der Waals surface area contributed by atoms with E-state index in [-0.39, 0.29) is 11.9 Å². The monoisotopic (exact) mass is 240 g/mol. The molecule has 92 valence electrons. The van der Waals surface area contributed by atoms with Gasteiger partial charge < -0.3 is 9.47 Å². The SMILES string of the molecule is CC1(C)OCC(CCCC#C[Si](C)(C)C)O1. The van der Waals surface area contributed by atoms with E-state index >= 15 is 0 Å². The molecular formula is C13H24O2Si. The van der Waals surface area contributed by atoms with E-state index in [4.69, 9.17) is 9.47 Å². The molecule has 1 unspecified atom stereocenters. The second kappa shape index (κ2) is 5.35. The molecule has 0 amide bonds. The van der Waals surface area contributed by atoms with Gasteiger partial charge in [0.2, 0.25) is 0 Å². The second-order valence-electron chi connectivity index (χ2n) is 5.89. The Morgan fingerprint density at radius 2 is 2.00 bits per heavy atom. The van der Waals surface area contributed by atoms with Gasteiger partial charge in [0, 0.05) is 6.42 Å². The van der Waals surface area contributed by atoms with E-state index in [0.29, 0.717) is 0 Å². The van der Waals surface area contributed by atoms with Gasteiger partial charge in [-0.3, -0.25) is 0 Å². The normalized spacial score (nSPS) is 23.9. The Balaban J connectivity index is 2.15. The molecule has 1 atom stereocenters. The molecule has 0 aliphatic carbocycles. The fraction of sp³-hybridized carbons (Fsp3) is 0.846. The summed E-state index contributed by atoms with van der Waals surface area (Å²) in [5, 5.41) is 0. The van der Waals surface area contributed by atoms with Crippen LogP contribution in [0.15, 0.2) is 0 Å². The quantitative estimate of drug-likeness (QED) is 0.428. The van der Waals surface area contributed by atoms with Gasteiger partial charge in [0.05, 0.1) is 12.7 Å². The lowest BCUT2D eigenvalue weighted by Gasteiger charge is -2.16. The number of rotatable bonds is 3. The van der Waals surface area contributed by atoms with E-state index < -0.39 is 8.07 Å². The van der Waals surface area contributed by atoms with Crippen LogP contribution in [0.4, 0.5) is 0 Å². The van der Waals surface area contributed by atoms with E-state index in [0.717, 1.165) is 25.9 Å². The molecule has 0 aromatic heterocycles. The molecule has 2 nitrogen and oxygen atoms in total. The minimum Gasteiger partial charge on any atom is -0.348 e. The number of ether oxygens (including phenoxy) is 2. The van der Waals surface area contributed by atoms with Crippen LogP contribution in [0.3, 0.4) is 0 Å². The molecule has 0 spiro atoms. The lowest BCUT2D eigenvalue weighted by Crippen LogP contribution is -2.21. The van der Waals surface area contributed by atoms with E-state index in [2.05, 4.69) is 31.1 Å². The highest BCUT2D eigenvalue weighted by molar-refractivity contribution is 6.83. The fourth-order valence-electron chi connectivity index (χ4n) is 1.65. The number of hydrogen-bond acceptors (Lipinski definition) is 2. The van der Waals surface area contributed by atoms with Crippen LogP contribution in [0, 0.1) is 11.5 Å². The molecule has 1 saturated heterocycles. The van der Waals surface area contributed by atoms with Crippen molar-refractivity contribution in [2.45, 2.75) is 64.6 Å². The summed E-state index contributed by atoms with van der Waals surface area (Å²) in [7, 11) is -1.18. The number of hydrogen-bond donors (Lipinski definition) is 0. The zero-order valence-corrected chi connectivity index (χ0v) is 12.2. The smallest absolute Gasteiger partial charge is 0.163 e. The van der Waals surface area contributed by atoms with Crippen LogP contribution in [0.2, 0.25) is 19.6 Å². The van der Waals surface area contributed by atoms with Gasteiger partial charge in [0.15, 0.2) is 5.79 Å². The van der Waals surface area contributed by atoms with Crippen molar-refractivity contribution >= 4 is 8.07 Å². The molecule has 0 saturated carbocycles. The van der Waals surface area contributed by atoms with Crippen molar-refractivity contribution < 1.29 is 9.47 Å². The average molecular weight is 240 g/mol. The van der Waals surface area contributed by atoms with Gasteiger partial charge in [0.1, 0.15) is 8.07 Å². The molecular weight excluding hydrogens is 216 g/mol. The molecule has 0 N–H and O–H groups in total. The highest BCUT2D eigenvalue weighted by atomic mass is 28.3. The molecule has 1 aliphatic rings. The molecule has 16 heavy (non-hydrogen) atoms. The standard InChI is InChI=1S/C13H24O2Si/c1-13(2)14-11-12(15-13)9-7-6-8-10-16(3,4)5/h12H,6-7,9,11H2,1-5H3. The summed E-state index contributed by atoms with van der Waals surface area (Å²) >= 11 is 0. The first kappa shape index (κ1) is 13.8. The van der Waals surface area contributed by atoms with Gasteiger partial charge in [-0.2, -0.15) is 0 Å². The Bertz CT molecular complexity index is 281. The maximum absolute atomic E-state index is 5.73. The minimum absolute atomic E-state index is 0.267. The molecule has 1 heterocycles. The van der Waals surface area contributed by atoms with Crippen LogP contribution in [-0.4, -0.2) is 26.6 Å². The lowest BCUT2D eigenvalue weighted by molar-refractivity contribution is -0.139. The van der Waals surface area contributed by atoms with Gasteiger partial charge in [-0.05, 0) is 26.7 Å². The first-order valence-electron chi connectivity index (χ1n) is 6.10. The molecule has 1 aliphatic heterocycles. The maximum atomic E-state index is 5.73.